The van der Waals surface area contributed by atoms with Crippen LogP contribution >= 0.6 is 0 Å². The third kappa shape index (κ3) is 6.64. The number of ether oxygens (including phenoxy) is 2. The second-order valence-electron chi connectivity index (χ2n) is 10.8. The lowest BCUT2D eigenvalue weighted by molar-refractivity contribution is -0.133. The summed E-state index contributed by atoms with van der Waals surface area (Å²) in [6.45, 7) is 0. The monoisotopic (exact) mass is 598 g/mol. The first-order valence-electron chi connectivity index (χ1n) is 14.2. The molecule has 1 saturated heterocycles. The van der Waals surface area contributed by atoms with E-state index in [1.807, 2.05) is 12.1 Å². The van der Waals surface area contributed by atoms with Crippen LogP contribution in [0, 0.1) is 0 Å². The number of carbonyl (C=O) groups is 1. The van der Waals surface area contributed by atoms with Gasteiger partial charge in [0, 0.05) is 17.5 Å². The minimum absolute atomic E-state index is 0.00129. The van der Waals surface area contributed by atoms with Crippen LogP contribution in [0.15, 0.2) is 84.9 Å². The number of carbonyl (C=O) groups excluding carboxylic acids is 1. The van der Waals surface area contributed by atoms with E-state index in [0.717, 1.165) is 5.56 Å². The number of aromatic hydroxyl groups is 5. The summed E-state index contributed by atoms with van der Waals surface area (Å²) in [5, 5.41) is 63.3. The molecule has 0 aromatic heterocycles. The number of phenolic OH excluding ortho intramolecular Hbond substituents is 5. The van der Waals surface area contributed by atoms with Crippen molar-refractivity contribution in [1.82, 2.24) is 0 Å². The van der Waals surface area contributed by atoms with Gasteiger partial charge in [-0.15, -0.1) is 0 Å². The molecule has 0 unspecified atom stereocenters. The van der Waals surface area contributed by atoms with E-state index in [1.165, 1.54) is 49.6 Å². The summed E-state index contributed by atoms with van der Waals surface area (Å²) < 4.78 is 11.7. The molecule has 0 radical (unpaired) electrons. The lowest BCUT2D eigenvalue weighted by atomic mass is 9.78. The summed E-state index contributed by atoms with van der Waals surface area (Å²) in [4.78, 5) is 13.4. The quantitative estimate of drug-likeness (QED) is 0.105. The van der Waals surface area contributed by atoms with E-state index in [2.05, 4.69) is 0 Å². The van der Waals surface area contributed by atoms with Gasteiger partial charge in [-0.2, -0.15) is 0 Å². The van der Waals surface area contributed by atoms with Gasteiger partial charge in [-0.25, -0.2) is 0 Å². The van der Waals surface area contributed by atoms with Crippen LogP contribution in [0.5, 0.6) is 34.5 Å². The van der Waals surface area contributed by atoms with Crippen LogP contribution in [-0.2, 0) is 11.2 Å². The number of ketones is 1. The predicted octanol–water partition coefficient (Wildman–Crippen LogP) is 5.73. The average molecular weight is 599 g/mol. The van der Waals surface area contributed by atoms with Gasteiger partial charge in [-0.3, -0.25) is 4.79 Å². The molecule has 6 N–H and O–H groups in total. The van der Waals surface area contributed by atoms with E-state index in [9.17, 15) is 35.4 Å². The van der Waals surface area contributed by atoms with Crippen LogP contribution < -0.4 is 4.74 Å². The zero-order valence-corrected chi connectivity index (χ0v) is 24.0. The molecule has 0 spiro atoms. The van der Waals surface area contributed by atoms with Gasteiger partial charge in [-0.1, -0.05) is 42.5 Å². The Hall–Kier alpha value is -4.99. The molecule has 0 amide bonds. The second kappa shape index (κ2) is 13.1. The Morgan fingerprint density at radius 1 is 0.886 bits per heavy atom. The minimum atomic E-state index is -1.23. The van der Waals surface area contributed by atoms with Crippen molar-refractivity contribution in [3.63, 3.8) is 0 Å². The molecule has 9 heteroatoms. The number of aliphatic hydroxyl groups excluding tert-OH is 1. The van der Waals surface area contributed by atoms with Crippen molar-refractivity contribution in [2.75, 3.05) is 7.11 Å². The first-order valence-corrected chi connectivity index (χ1v) is 14.2. The van der Waals surface area contributed by atoms with Crippen LogP contribution in [0.2, 0.25) is 0 Å². The number of aryl methyl sites for hydroxylation is 1. The topological polar surface area (TPSA) is 157 Å². The van der Waals surface area contributed by atoms with Crippen molar-refractivity contribution in [2.45, 2.75) is 43.5 Å². The number of hydrogen-bond acceptors (Lipinski definition) is 9. The fraction of sp³-hybridized carbons (Fsp3) is 0.229. The van der Waals surface area contributed by atoms with Gasteiger partial charge in [0.05, 0.1) is 19.3 Å². The summed E-state index contributed by atoms with van der Waals surface area (Å²) in [6.07, 6.45) is 1.60. The van der Waals surface area contributed by atoms with E-state index >= 15 is 0 Å². The fourth-order valence-electron chi connectivity index (χ4n) is 5.63. The predicted molar refractivity (Wildman–Crippen MR) is 163 cm³/mol. The van der Waals surface area contributed by atoms with Gasteiger partial charge in [0.1, 0.15) is 46.2 Å². The minimum Gasteiger partial charge on any atom is -0.508 e. The maximum Gasteiger partial charge on any atom is 0.193 e. The molecule has 1 heterocycles. The highest BCUT2D eigenvalue weighted by atomic mass is 16.5. The van der Waals surface area contributed by atoms with Gasteiger partial charge < -0.3 is 40.1 Å². The molecule has 5 rings (SSSR count). The van der Waals surface area contributed by atoms with Crippen LogP contribution in [0.25, 0.3) is 6.08 Å². The number of methoxy groups -OCH3 is 1. The van der Waals surface area contributed by atoms with Gasteiger partial charge >= 0.3 is 0 Å². The first kappa shape index (κ1) is 30.5. The maximum absolute atomic E-state index is 13.4. The number of rotatable bonds is 9. The molecule has 44 heavy (non-hydrogen) atoms. The normalized spacial score (nSPS) is 20.0. The van der Waals surface area contributed by atoms with Crippen LogP contribution in [0.4, 0.5) is 0 Å². The number of aliphatic hydroxyl groups is 1. The highest BCUT2D eigenvalue weighted by Gasteiger charge is 2.42. The average Bonchev–Trinajstić information content (AvgIpc) is 3.01. The summed E-state index contributed by atoms with van der Waals surface area (Å²) in [5.74, 6) is -2.02. The molecule has 4 atom stereocenters. The Morgan fingerprint density at radius 3 is 2.09 bits per heavy atom. The Morgan fingerprint density at radius 2 is 1.48 bits per heavy atom. The highest BCUT2D eigenvalue weighted by Crippen LogP contribution is 2.50. The first-order chi connectivity index (χ1) is 21.1. The lowest BCUT2D eigenvalue weighted by Gasteiger charge is -2.40. The SMILES string of the molecule is COc1cc(O)c([C@@H]2C[C@H](CCc3ccc(O)cc3)O[C@@H](c3ccc(O)cc3)[C@H]2O)c(O)c1C(=O)/C=C/c1ccc(O)cc1. The number of phenols is 5. The van der Waals surface area contributed by atoms with Crippen molar-refractivity contribution < 1.29 is 44.9 Å². The van der Waals surface area contributed by atoms with Gasteiger partial charge in [0.15, 0.2) is 5.78 Å². The largest absolute Gasteiger partial charge is 0.508 e. The highest BCUT2D eigenvalue weighted by molar-refractivity contribution is 6.11. The molecule has 1 aliphatic heterocycles. The van der Waals surface area contributed by atoms with Gasteiger partial charge in [0.2, 0.25) is 0 Å². The summed E-state index contributed by atoms with van der Waals surface area (Å²) >= 11 is 0. The second-order valence-corrected chi connectivity index (χ2v) is 10.8. The van der Waals surface area contributed by atoms with Crippen LogP contribution in [-0.4, -0.2) is 55.7 Å². The van der Waals surface area contributed by atoms with E-state index in [4.69, 9.17) is 9.47 Å². The number of hydrogen-bond donors (Lipinski definition) is 6. The van der Waals surface area contributed by atoms with E-state index < -0.39 is 35.8 Å². The summed E-state index contributed by atoms with van der Waals surface area (Å²) in [5.41, 5.74) is 2.04. The van der Waals surface area contributed by atoms with Crippen molar-refractivity contribution in [3.05, 3.63) is 113 Å². The summed E-state index contributed by atoms with van der Waals surface area (Å²) in [7, 11) is 1.32. The van der Waals surface area contributed by atoms with Crippen molar-refractivity contribution in [1.29, 1.82) is 0 Å². The molecule has 1 aliphatic rings. The maximum atomic E-state index is 13.4. The number of allylic oxidation sites excluding steroid dienone is 1. The molecule has 0 bridgehead atoms. The molecular formula is C35H34O9. The molecular weight excluding hydrogens is 564 g/mol. The summed E-state index contributed by atoms with van der Waals surface area (Å²) in [6, 6.07) is 20.5. The van der Waals surface area contributed by atoms with Gasteiger partial charge in [0.25, 0.3) is 0 Å². The Kier molecular flexibility index (Phi) is 9.08. The van der Waals surface area contributed by atoms with Gasteiger partial charge in [-0.05, 0) is 78.4 Å². The van der Waals surface area contributed by atoms with Crippen LogP contribution in [0.3, 0.4) is 0 Å². The third-order valence-electron chi connectivity index (χ3n) is 7.93. The zero-order valence-electron chi connectivity index (χ0n) is 24.0. The van der Waals surface area contributed by atoms with Crippen molar-refractivity contribution in [2.24, 2.45) is 0 Å². The smallest absolute Gasteiger partial charge is 0.193 e. The van der Waals surface area contributed by atoms with E-state index in [0.29, 0.717) is 24.0 Å². The Bertz CT molecular complexity index is 1630. The van der Waals surface area contributed by atoms with Crippen molar-refractivity contribution in [3.8, 4) is 34.5 Å². The van der Waals surface area contributed by atoms with Crippen LogP contribution in [0.1, 0.15) is 57.5 Å². The molecule has 4 aromatic rings. The third-order valence-corrected chi connectivity index (χ3v) is 7.93. The Labute approximate surface area is 254 Å². The lowest BCUT2D eigenvalue weighted by Crippen LogP contribution is -2.39. The zero-order chi connectivity index (χ0) is 31.4. The fourth-order valence-corrected chi connectivity index (χ4v) is 5.63. The molecule has 0 aliphatic carbocycles. The molecule has 1 fully saturated rings. The van der Waals surface area contributed by atoms with E-state index in [-0.39, 0.29) is 46.3 Å². The molecule has 0 saturated carbocycles. The molecule has 4 aromatic carbocycles. The van der Waals surface area contributed by atoms with E-state index in [1.54, 1.807) is 36.4 Å². The standard InChI is InChI=1S/C35H34O9/c1-43-30-19-29(40)31(34(42)32(30)28(39)17-7-21-4-12-24(37)13-5-21)27-18-26(16-6-20-2-10-23(36)11-3-20)44-35(33(27)41)22-8-14-25(38)15-9-22/h2-5,7-15,17,19,26-27,33,35-38,40-42H,6,16,18H2,1H3/b17-7+/t26-,27-,33-,35-/m0/s1. The molecule has 228 valence electrons. The van der Waals surface area contributed by atoms with Crippen molar-refractivity contribution >= 4 is 11.9 Å². The molecule has 9 nitrogen and oxygen atoms in total. The number of benzene rings is 4. The Balaban J connectivity index is 1.51.